The maximum Gasteiger partial charge on any atom is 0.339 e. The first-order valence-corrected chi connectivity index (χ1v) is 6.89. The maximum atomic E-state index is 12.1. The zero-order valence-corrected chi connectivity index (χ0v) is 12.1. The third-order valence-corrected chi connectivity index (χ3v) is 3.69. The fraction of sp³-hybridized carbons (Fsp3) is 0.462. The topological polar surface area (TPSA) is 173 Å². The van der Waals surface area contributed by atoms with Crippen LogP contribution in [-0.2, 0) is 4.74 Å². The van der Waals surface area contributed by atoms with E-state index in [2.05, 4.69) is 0 Å². The van der Waals surface area contributed by atoms with Gasteiger partial charge in [0.1, 0.15) is 18.3 Å². The van der Waals surface area contributed by atoms with Crippen LogP contribution in [0.3, 0.4) is 0 Å². The molecule has 1 aromatic rings. The normalized spacial score (nSPS) is 26.6. The average molecular weight is 342 g/mol. The van der Waals surface area contributed by atoms with Crippen molar-refractivity contribution in [3.63, 3.8) is 0 Å². The van der Waals surface area contributed by atoms with E-state index < -0.39 is 57.2 Å². The summed E-state index contributed by atoms with van der Waals surface area (Å²) in [4.78, 5) is 31.9. The number of carbonyl (C=O) groups is 1. The molecule has 1 fully saturated rings. The highest BCUT2D eigenvalue weighted by Gasteiger charge is 2.39. The first-order valence-electron chi connectivity index (χ1n) is 6.89. The van der Waals surface area contributed by atoms with Crippen LogP contribution in [0.25, 0.3) is 0 Å². The number of nitro benzene ring substituents is 2. The Morgan fingerprint density at radius 3 is 2.04 bits per heavy atom. The Labute approximate surface area is 134 Å². The fourth-order valence-electron chi connectivity index (χ4n) is 2.38. The van der Waals surface area contributed by atoms with Gasteiger partial charge in [0.25, 0.3) is 11.4 Å². The van der Waals surface area contributed by atoms with Crippen LogP contribution in [-0.4, -0.2) is 55.6 Å². The van der Waals surface area contributed by atoms with Crippen LogP contribution in [0.15, 0.2) is 18.2 Å². The van der Waals surface area contributed by atoms with Gasteiger partial charge in [0, 0.05) is 12.1 Å². The van der Waals surface area contributed by atoms with Crippen molar-refractivity contribution >= 4 is 17.3 Å². The fourth-order valence-corrected chi connectivity index (χ4v) is 2.38. The summed E-state index contributed by atoms with van der Waals surface area (Å²) in [6.07, 6.45) is -5.21. The Bertz CT molecular complexity index is 645. The number of esters is 1. The Morgan fingerprint density at radius 1 is 1.00 bits per heavy atom. The second-order valence-corrected chi connectivity index (χ2v) is 5.32. The molecular weight excluding hydrogens is 328 g/mol. The van der Waals surface area contributed by atoms with E-state index in [1.807, 2.05) is 0 Å². The molecule has 0 saturated heterocycles. The summed E-state index contributed by atoms with van der Waals surface area (Å²) in [6, 6.07) is 2.33. The summed E-state index contributed by atoms with van der Waals surface area (Å²) in [5.74, 6) is -1.12. The van der Waals surface area contributed by atoms with Crippen molar-refractivity contribution < 1.29 is 34.7 Å². The number of benzene rings is 1. The minimum atomic E-state index is -1.54. The minimum absolute atomic E-state index is 0.0577. The molecule has 1 aliphatic carbocycles. The highest BCUT2D eigenvalue weighted by Crippen LogP contribution is 2.26. The number of aliphatic hydroxyl groups is 3. The van der Waals surface area contributed by atoms with Gasteiger partial charge in [-0.1, -0.05) is 0 Å². The molecule has 0 amide bonds. The third kappa shape index (κ3) is 3.64. The second kappa shape index (κ2) is 6.86. The van der Waals surface area contributed by atoms with E-state index in [0.29, 0.717) is 6.07 Å². The molecule has 24 heavy (non-hydrogen) atoms. The number of nitro groups is 2. The summed E-state index contributed by atoms with van der Waals surface area (Å²) >= 11 is 0. The molecule has 0 bridgehead atoms. The molecule has 2 rings (SSSR count). The molecule has 11 heteroatoms. The van der Waals surface area contributed by atoms with E-state index in [-0.39, 0.29) is 12.8 Å². The standard InChI is InChI=1S/C13H14N2O9/c16-9-1-2-10(12(18)11(9)17)24-13(19)6-3-7(14(20)21)5-8(4-6)15(22)23/h3-5,9-12,16-18H,1-2H2/t9-,10-,11+,12-/m1/s1. The van der Waals surface area contributed by atoms with Crippen LogP contribution < -0.4 is 0 Å². The lowest BCUT2D eigenvalue weighted by molar-refractivity contribution is -0.394. The molecule has 1 saturated carbocycles. The Kier molecular flexibility index (Phi) is 5.07. The quantitative estimate of drug-likeness (QED) is 0.383. The van der Waals surface area contributed by atoms with Crippen LogP contribution in [0.1, 0.15) is 23.2 Å². The highest BCUT2D eigenvalue weighted by atomic mass is 16.6. The van der Waals surface area contributed by atoms with Gasteiger partial charge in [-0.3, -0.25) is 20.2 Å². The van der Waals surface area contributed by atoms with E-state index in [1.54, 1.807) is 0 Å². The van der Waals surface area contributed by atoms with Crippen molar-refractivity contribution in [2.45, 2.75) is 37.3 Å². The summed E-state index contributed by atoms with van der Waals surface area (Å²) in [5.41, 5.74) is -1.74. The third-order valence-electron chi connectivity index (χ3n) is 3.69. The zero-order chi connectivity index (χ0) is 18.0. The lowest BCUT2D eigenvalue weighted by atomic mass is 9.89. The maximum absolute atomic E-state index is 12.1. The largest absolute Gasteiger partial charge is 0.456 e. The predicted molar refractivity (Wildman–Crippen MR) is 76.2 cm³/mol. The van der Waals surface area contributed by atoms with Gasteiger partial charge >= 0.3 is 5.97 Å². The van der Waals surface area contributed by atoms with E-state index >= 15 is 0 Å². The summed E-state index contributed by atoms with van der Waals surface area (Å²) < 4.78 is 4.97. The SMILES string of the molecule is O=C(O[C@@H]1CC[C@@H](O)[C@H](O)[C@@H]1O)c1cc([N+](=O)[O-])cc([N+](=O)[O-])c1. The van der Waals surface area contributed by atoms with Gasteiger partial charge in [0.15, 0.2) is 0 Å². The monoisotopic (exact) mass is 342 g/mol. The van der Waals surface area contributed by atoms with Crippen LogP contribution >= 0.6 is 0 Å². The number of hydrogen-bond donors (Lipinski definition) is 3. The molecule has 0 unspecified atom stereocenters. The number of nitrogens with zero attached hydrogens (tertiary/aromatic N) is 2. The molecule has 0 aromatic heterocycles. The molecule has 0 spiro atoms. The molecular formula is C13H14N2O9. The van der Waals surface area contributed by atoms with Crippen molar-refractivity contribution in [2.24, 2.45) is 0 Å². The van der Waals surface area contributed by atoms with Gasteiger partial charge in [-0.2, -0.15) is 0 Å². The van der Waals surface area contributed by atoms with E-state index in [1.165, 1.54) is 0 Å². The van der Waals surface area contributed by atoms with Gasteiger partial charge in [0.2, 0.25) is 0 Å². The average Bonchev–Trinajstić information content (AvgIpc) is 2.54. The molecule has 11 nitrogen and oxygen atoms in total. The molecule has 0 radical (unpaired) electrons. The van der Waals surface area contributed by atoms with Gasteiger partial charge in [-0.25, -0.2) is 4.79 Å². The molecule has 3 N–H and O–H groups in total. The van der Waals surface area contributed by atoms with Gasteiger partial charge in [0.05, 0.1) is 27.6 Å². The van der Waals surface area contributed by atoms with Crippen molar-refractivity contribution in [2.75, 3.05) is 0 Å². The highest BCUT2D eigenvalue weighted by molar-refractivity contribution is 5.91. The Balaban J connectivity index is 2.23. The molecule has 1 aliphatic rings. The molecule has 1 aromatic carbocycles. The van der Waals surface area contributed by atoms with E-state index in [4.69, 9.17) is 4.74 Å². The summed E-state index contributed by atoms with van der Waals surface area (Å²) in [6.45, 7) is 0. The Morgan fingerprint density at radius 2 is 1.54 bits per heavy atom. The van der Waals surface area contributed by atoms with Crippen molar-refractivity contribution in [1.82, 2.24) is 0 Å². The lowest BCUT2D eigenvalue weighted by Gasteiger charge is -2.34. The smallest absolute Gasteiger partial charge is 0.339 e. The second-order valence-electron chi connectivity index (χ2n) is 5.32. The number of aliphatic hydroxyl groups excluding tert-OH is 3. The zero-order valence-electron chi connectivity index (χ0n) is 12.1. The lowest BCUT2D eigenvalue weighted by Crippen LogP contribution is -2.50. The number of non-ortho nitro benzene ring substituents is 2. The van der Waals surface area contributed by atoms with Gasteiger partial charge in [-0.05, 0) is 12.8 Å². The molecule has 4 atom stereocenters. The van der Waals surface area contributed by atoms with Crippen LogP contribution in [0.4, 0.5) is 11.4 Å². The summed E-state index contributed by atoms with van der Waals surface area (Å²) in [5, 5.41) is 50.4. The Hall–Kier alpha value is -2.63. The summed E-state index contributed by atoms with van der Waals surface area (Å²) in [7, 11) is 0. The van der Waals surface area contributed by atoms with Crippen molar-refractivity contribution in [3.05, 3.63) is 44.0 Å². The minimum Gasteiger partial charge on any atom is -0.456 e. The van der Waals surface area contributed by atoms with Gasteiger partial charge < -0.3 is 20.1 Å². The van der Waals surface area contributed by atoms with Crippen molar-refractivity contribution in [1.29, 1.82) is 0 Å². The molecule has 130 valence electrons. The van der Waals surface area contributed by atoms with Crippen molar-refractivity contribution in [3.8, 4) is 0 Å². The first-order chi connectivity index (χ1) is 11.2. The number of rotatable bonds is 4. The predicted octanol–water partition coefficient (Wildman–Crippen LogP) is -0.0951. The number of ether oxygens (including phenoxy) is 1. The van der Waals surface area contributed by atoms with E-state index in [0.717, 1.165) is 12.1 Å². The molecule has 0 aliphatic heterocycles. The van der Waals surface area contributed by atoms with Crippen LogP contribution in [0.5, 0.6) is 0 Å². The van der Waals surface area contributed by atoms with E-state index in [9.17, 15) is 40.3 Å². The molecule has 0 heterocycles. The number of carbonyl (C=O) groups excluding carboxylic acids is 1. The van der Waals surface area contributed by atoms with Gasteiger partial charge in [-0.15, -0.1) is 0 Å². The van der Waals surface area contributed by atoms with Crippen LogP contribution in [0.2, 0.25) is 0 Å². The number of hydrogen-bond acceptors (Lipinski definition) is 9. The van der Waals surface area contributed by atoms with Crippen LogP contribution in [0, 0.1) is 20.2 Å². The first kappa shape index (κ1) is 17.7.